The summed E-state index contributed by atoms with van der Waals surface area (Å²) >= 11 is 0. The number of hydrogen-bond acceptors (Lipinski definition) is 5. The Morgan fingerprint density at radius 2 is 1.65 bits per heavy atom. The lowest BCUT2D eigenvalue weighted by atomic mass is 9.54. The van der Waals surface area contributed by atoms with Gasteiger partial charge in [0.2, 0.25) is 5.91 Å². The molecule has 2 aromatic carbocycles. The zero-order chi connectivity index (χ0) is 30.9. The van der Waals surface area contributed by atoms with Gasteiger partial charge in [0.25, 0.3) is 0 Å². The first kappa shape index (κ1) is 32.2. The zero-order valence-corrected chi connectivity index (χ0v) is 28.2. The van der Waals surface area contributed by atoms with Crippen molar-refractivity contribution in [3.05, 3.63) is 64.7 Å². The predicted octanol–water partition coefficient (Wildman–Crippen LogP) is 6.65. The van der Waals surface area contributed by atoms with Crippen molar-refractivity contribution in [2.45, 2.75) is 116 Å². The largest absolute Gasteiger partial charge is 0.508 e. The lowest BCUT2D eigenvalue weighted by molar-refractivity contribution is -0.124. The summed E-state index contributed by atoms with van der Waals surface area (Å²) in [5, 5.41) is 27.1. The molecule has 1 amide bonds. The molecule has 4 fully saturated rings. The fourth-order valence-corrected chi connectivity index (χ4v) is 9.16. The molecule has 0 saturated heterocycles. The summed E-state index contributed by atoms with van der Waals surface area (Å²) in [6.45, 7) is 13.8. The SMILES string of the molecule is C[C@H](Cc1cccc(CC(=O)NC2C3CC4CC(C3)CC2C4)c1)NC[C@H](O[Si](C)(C)C(C)(C)C)c1ccc(O)c(CO)c1. The second kappa shape index (κ2) is 13.0. The fraction of sp³-hybridized carbons (Fsp3) is 0.639. The highest BCUT2D eigenvalue weighted by molar-refractivity contribution is 6.74. The summed E-state index contributed by atoms with van der Waals surface area (Å²) in [5.74, 6) is 3.49. The molecule has 4 aliphatic carbocycles. The van der Waals surface area contributed by atoms with E-state index in [1.807, 2.05) is 12.1 Å². The number of amides is 1. The fourth-order valence-electron chi connectivity index (χ4n) is 7.88. The minimum absolute atomic E-state index is 0.0520. The average molecular weight is 607 g/mol. The van der Waals surface area contributed by atoms with E-state index in [1.165, 1.54) is 37.7 Å². The third kappa shape index (κ3) is 7.73. The molecule has 2 aromatic rings. The summed E-state index contributed by atoms with van der Waals surface area (Å²) in [7, 11) is -2.09. The van der Waals surface area contributed by atoms with Crippen LogP contribution >= 0.6 is 0 Å². The van der Waals surface area contributed by atoms with Crippen molar-refractivity contribution in [2.24, 2.45) is 23.7 Å². The molecule has 0 radical (unpaired) electrons. The molecule has 0 aromatic heterocycles. The van der Waals surface area contributed by atoms with Gasteiger partial charge in [0.05, 0.1) is 19.1 Å². The molecular weight excluding hydrogens is 552 g/mol. The maximum atomic E-state index is 13.1. The standard InChI is InChI=1S/C36H54N2O4Si/c1-23(37-21-33(42-43(5,6)36(2,3)4)28-10-11-32(40)31(20-28)22-39)12-24-8-7-9-25(13-24)19-34(41)38-35-29-15-26-14-27(17-29)18-30(35)16-26/h7-11,13,20,23,26-27,29-30,33,35,37,39-40H,12,14-19,21-22H2,1-6H3,(H,38,41)/t23-,26?,27?,29?,30?,33+,35?/m1/s1. The van der Waals surface area contributed by atoms with Gasteiger partial charge in [-0.15, -0.1) is 0 Å². The van der Waals surface area contributed by atoms with Crippen LogP contribution in [0.1, 0.15) is 88.2 Å². The van der Waals surface area contributed by atoms with E-state index in [9.17, 15) is 15.0 Å². The second-order valence-corrected chi connectivity index (χ2v) is 20.2. The first-order chi connectivity index (χ1) is 20.3. The molecule has 236 valence electrons. The number of carbonyl (C=O) groups excluding carboxylic acids is 1. The quantitative estimate of drug-likeness (QED) is 0.203. The molecule has 2 atom stereocenters. The third-order valence-electron chi connectivity index (χ3n) is 11.0. The van der Waals surface area contributed by atoms with Crippen molar-refractivity contribution in [1.29, 1.82) is 0 Å². The number of benzene rings is 2. The number of nitrogens with one attached hydrogen (secondary N) is 2. The van der Waals surface area contributed by atoms with Crippen LogP contribution in [0.3, 0.4) is 0 Å². The average Bonchev–Trinajstić information content (AvgIpc) is 2.92. The van der Waals surface area contributed by atoms with E-state index in [-0.39, 0.29) is 35.4 Å². The molecule has 4 bridgehead atoms. The molecule has 4 aliphatic rings. The molecule has 43 heavy (non-hydrogen) atoms. The third-order valence-corrected chi connectivity index (χ3v) is 15.5. The number of phenols is 1. The highest BCUT2D eigenvalue weighted by Gasteiger charge is 2.48. The highest BCUT2D eigenvalue weighted by atomic mass is 28.4. The Balaban J connectivity index is 1.18. The van der Waals surface area contributed by atoms with Gasteiger partial charge in [0, 0.05) is 24.2 Å². The molecule has 4 N–H and O–H groups in total. The van der Waals surface area contributed by atoms with Gasteiger partial charge in [-0.05, 0) is 116 Å². The van der Waals surface area contributed by atoms with Crippen LogP contribution in [0.15, 0.2) is 42.5 Å². The number of aliphatic hydroxyl groups is 1. The van der Waals surface area contributed by atoms with E-state index in [0.29, 0.717) is 36.4 Å². The van der Waals surface area contributed by atoms with Crippen LogP contribution in [0.4, 0.5) is 0 Å². The Bertz CT molecular complexity index is 1240. The van der Waals surface area contributed by atoms with Crippen molar-refractivity contribution in [2.75, 3.05) is 6.54 Å². The van der Waals surface area contributed by atoms with Crippen molar-refractivity contribution in [1.82, 2.24) is 10.6 Å². The Hall–Kier alpha value is -2.19. The number of rotatable bonds is 12. The predicted molar refractivity (Wildman–Crippen MR) is 175 cm³/mol. The van der Waals surface area contributed by atoms with Crippen molar-refractivity contribution >= 4 is 14.2 Å². The smallest absolute Gasteiger partial charge is 0.224 e. The summed E-state index contributed by atoms with van der Waals surface area (Å²) in [5.41, 5.74) is 3.76. The Kier molecular flexibility index (Phi) is 9.77. The van der Waals surface area contributed by atoms with Gasteiger partial charge in [0.15, 0.2) is 8.32 Å². The van der Waals surface area contributed by atoms with E-state index in [0.717, 1.165) is 29.4 Å². The summed E-state index contributed by atoms with van der Waals surface area (Å²) in [6.07, 6.45) is 7.77. The van der Waals surface area contributed by atoms with Crippen molar-refractivity contribution < 1.29 is 19.4 Å². The number of aliphatic hydroxyl groups excluding tert-OH is 1. The Morgan fingerprint density at radius 3 is 2.28 bits per heavy atom. The normalized spacial score (nSPS) is 26.3. The molecule has 4 saturated carbocycles. The van der Waals surface area contributed by atoms with Crippen LogP contribution in [0, 0.1) is 23.7 Å². The van der Waals surface area contributed by atoms with Gasteiger partial charge in [0.1, 0.15) is 5.75 Å². The van der Waals surface area contributed by atoms with Gasteiger partial charge >= 0.3 is 0 Å². The van der Waals surface area contributed by atoms with Gasteiger partial charge in [-0.25, -0.2) is 0 Å². The minimum Gasteiger partial charge on any atom is -0.508 e. The van der Waals surface area contributed by atoms with Crippen LogP contribution in [0.25, 0.3) is 0 Å². The molecule has 0 spiro atoms. The molecule has 7 heteroatoms. The summed E-state index contributed by atoms with van der Waals surface area (Å²) in [4.78, 5) is 13.1. The summed E-state index contributed by atoms with van der Waals surface area (Å²) in [6, 6.07) is 14.5. The molecule has 6 rings (SSSR count). The first-order valence-electron chi connectivity index (χ1n) is 16.5. The van der Waals surface area contributed by atoms with Gasteiger partial charge in [-0.1, -0.05) is 51.1 Å². The van der Waals surface area contributed by atoms with E-state index >= 15 is 0 Å². The summed E-state index contributed by atoms with van der Waals surface area (Å²) < 4.78 is 6.86. The lowest BCUT2D eigenvalue weighted by Crippen LogP contribution is -2.56. The van der Waals surface area contributed by atoms with E-state index in [4.69, 9.17) is 4.43 Å². The van der Waals surface area contributed by atoms with Gasteiger partial charge < -0.3 is 25.3 Å². The molecule has 0 unspecified atom stereocenters. The van der Waals surface area contributed by atoms with Crippen molar-refractivity contribution in [3.63, 3.8) is 0 Å². The van der Waals surface area contributed by atoms with Crippen LogP contribution in [-0.2, 0) is 28.7 Å². The van der Waals surface area contributed by atoms with E-state index < -0.39 is 8.32 Å². The molecule has 0 heterocycles. The monoisotopic (exact) mass is 606 g/mol. The maximum Gasteiger partial charge on any atom is 0.224 e. The van der Waals surface area contributed by atoms with Gasteiger partial charge in [-0.3, -0.25) is 4.79 Å². The highest BCUT2D eigenvalue weighted by Crippen LogP contribution is 2.53. The second-order valence-electron chi connectivity index (χ2n) is 15.4. The maximum absolute atomic E-state index is 13.1. The topological polar surface area (TPSA) is 90.8 Å². The Labute approximate surface area is 260 Å². The zero-order valence-electron chi connectivity index (χ0n) is 27.2. The van der Waals surface area contributed by atoms with Gasteiger partial charge in [-0.2, -0.15) is 0 Å². The Morgan fingerprint density at radius 1 is 1.00 bits per heavy atom. The number of hydrogen-bond donors (Lipinski definition) is 4. The molecule has 6 nitrogen and oxygen atoms in total. The van der Waals surface area contributed by atoms with Crippen LogP contribution < -0.4 is 10.6 Å². The number of carbonyl (C=O) groups is 1. The molecular formula is C36H54N2O4Si. The minimum atomic E-state index is -2.09. The van der Waals surface area contributed by atoms with Crippen LogP contribution in [0.2, 0.25) is 18.1 Å². The van der Waals surface area contributed by atoms with Crippen LogP contribution in [0.5, 0.6) is 5.75 Å². The number of aromatic hydroxyl groups is 1. The van der Waals surface area contributed by atoms with E-state index in [2.05, 4.69) is 75.7 Å². The molecule has 0 aliphatic heterocycles. The van der Waals surface area contributed by atoms with Crippen LogP contribution in [-0.4, -0.2) is 43.1 Å². The van der Waals surface area contributed by atoms with Crippen molar-refractivity contribution in [3.8, 4) is 5.75 Å². The van der Waals surface area contributed by atoms with E-state index in [1.54, 1.807) is 6.07 Å². The first-order valence-corrected chi connectivity index (χ1v) is 19.4. The lowest BCUT2D eigenvalue weighted by Gasteiger charge is -2.54.